The Balaban J connectivity index is 2.35. The van der Waals surface area contributed by atoms with Gasteiger partial charge in [-0.2, -0.15) is 0 Å². The lowest BCUT2D eigenvalue weighted by atomic mass is 10.1. The summed E-state index contributed by atoms with van der Waals surface area (Å²) in [6, 6.07) is 0. The second-order valence-electron chi connectivity index (χ2n) is 4.26. The summed E-state index contributed by atoms with van der Waals surface area (Å²) < 4.78 is 0. The van der Waals surface area contributed by atoms with E-state index < -0.39 is 0 Å². The van der Waals surface area contributed by atoms with Crippen molar-refractivity contribution in [3.8, 4) is 0 Å². The standard InChI is InChI=1S/C12H19N3/c1-2-6-11-14-10-8-5-3-4-7-9(10)12(13)15-11/h2-8H2,1H3,(H2,13,14,15). The predicted molar refractivity (Wildman–Crippen MR) is 61.7 cm³/mol. The van der Waals surface area contributed by atoms with Gasteiger partial charge in [-0.15, -0.1) is 0 Å². The SMILES string of the molecule is CCCc1nc(N)c2c(n1)CCCCC2. The minimum Gasteiger partial charge on any atom is -0.383 e. The molecule has 82 valence electrons. The van der Waals surface area contributed by atoms with Crippen LogP contribution in [0.5, 0.6) is 0 Å². The van der Waals surface area contributed by atoms with Crippen LogP contribution in [0.3, 0.4) is 0 Å². The quantitative estimate of drug-likeness (QED) is 0.754. The molecule has 0 unspecified atom stereocenters. The number of nitrogens with two attached hydrogens (primary N) is 1. The molecule has 3 heteroatoms. The number of hydrogen-bond donors (Lipinski definition) is 1. The number of aryl methyl sites for hydroxylation is 2. The monoisotopic (exact) mass is 205 g/mol. The van der Waals surface area contributed by atoms with E-state index >= 15 is 0 Å². The fourth-order valence-corrected chi connectivity index (χ4v) is 2.19. The molecule has 2 N–H and O–H groups in total. The molecule has 1 aliphatic carbocycles. The Morgan fingerprint density at radius 3 is 2.73 bits per heavy atom. The van der Waals surface area contributed by atoms with Crippen LogP contribution in [0.15, 0.2) is 0 Å². The second-order valence-corrected chi connectivity index (χ2v) is 4.26. The first-order chi connectivity index (χ1) is 7.31. The summed E-state index contributed by atoms with van der Waals surface area (Å²) >= 11 is 0. The molecule has 0 saturated heterocycles. The van der Waals surface area contributed by atoms with Crippen LogP contribution < -0.4 is 5.73 Å². The van der Waals surface area contributed by atoms with E-state index in [4.69, 9.17) is 5.73 Å². The van der Waals surface area contributed by atoms with Gasteiger partial charge in [0, 0.05) is 17.7 Å². The molecule has 0 aromatic carbocycles. The van der Waals surface area contributed by atoms with Crippen molar-refractivity contribution in [2.75, 3.05) is 5.73 Å². The Hall–Kier alpha value is -1.12. The maximum atomic E-state index is 5.99. The zero-order valence-corrected chi connectivity index (χ0v) is 9.42. The van der Waals surface area contributed by atoms with E-state index in [9.17, 15) is 0 Å². The highest BCUT2D eigenvalue weighted by Crippen LogP contribution is 2.23. The average Bonchev–Trinajstić information content (AvgIpc) is 2.43. The summed E-state index contributed by atoms with van der Waals surface area (Å²) in [6.45, 7) is 2.14. The van der Waals surface area contributed by atoms with E-state index in [2.05, 4.69) is 16.9 Å². The Kier molecular flexibility index (Phi) is 3.19. The first-order valence-corrected chi connectivity index (χ1v) is 5.95. The number of nitrogens with zero attached hydrogens (tertiary/aromatic N) is 2. The summed E-state index contributed by atoms with van der Waals surface area (Å²) in [4.78, 5) is 9.02. The third-order valence-corrected chi connectivity index (χ3v) is 2.99. The molecule has 0 aliphatic heterocycles. The van der Waals surface area contributed by atoms with Crippen molar-refractivity contribution in [3.05, 3.63) is 17.1 Å². The Morgan fingerprint density at radius 1 is 1.13 bits per heavy atom. The molecule has 0 bridgehead atoms. The highest BCUT2D eigenvalue weighted by atomic mass is 15.0. The zero-order valence-electron chi connectivity index (χ0n) is 9.42. The van der Waals surface area contributed by atoms with Crippen LogP contribution in [0, 0.1) is 0 Å². The molecule has 1 aromatic rings. The zero-order chi connectivity index (χ0) is 10.7. The van der Waals surface area contributed by atoms with Crippen LogP contribution in [-0.4, -0.2) is 9.97 Å². The van der Waals surface area contributed by atoms with Crippen LogP contribution in [0.25, 0.3) is 0 Å². The molecule has 1 heterocycles. The molecular weight excluding hydrogens is 186 g/mol. The maximum Gasteiger partial charge on any atom is 0.131 e. The molecule has 0 saturated carbocycles. The van der Waals surface area contributed by atoms with Gasteiger partial charge in [-0.3, -0.25) is 0 Å². The van der Waals surface area contributed by atoms with E-state index in [1.807, 2.05) is 0 Å². The summed E-state index contributed by atoms with van der Waals surface area (Å²) in [5.41, 5.74) is 8.42. The van der Waals surface area contributed by atoms with Crippen LogP contribution in [-0.2, 0) is 19.3 Å². The third kappa shape index (κ3) is 2.28. The van der Waals surface area contributed by atoms with Crippen molar-refractivity contribution < 1.29 is 0 Å². The number of anilines is 1. The molecule has 0 radical (unpaired) electrons. The lowest BCUT2D eigenvalue weighted by molar-refractivity contribution is 0.707. The Morgan fingerprint density at radius 2 is 1.93 bits per heavy atom. The van der Waals surface area contributed by atoms with Gasteiger partial charge in [0.2, 0.25) is 0 Å². The Bertz CT molecular complexity index is 347. The lowest BCUT2D eigenvalue weighted by Crippen LogP contribution is -2.08. The van der Waals surface area contributed by atoms with Gasteiger partial charge in [0.25, 0.3) is 0 Å². The average molecular weight is 205 g/mol. The summed E-state index contributed by atoms with van der Waals surface area (Å²) in [5, 5.41) is 0. The van der Waals surface area contributed by atoms with Gasteiger partial charge in [-0.25, -0.2) is 9.97 Å². The molecule has 3 nitrogen and oxygen atoms in total. The molecule has 15 heavy (non-hydrogen) atoms. The third-order valence-electron chi connectivity index (χ3n) is 2.99. The first kappa shape index (κ1) is 10.4. The molecule has 1 aromatic heterocycles. The molecule has 0 spiro atoms. The van der Waals surface area contributed by atoms with E-state index in [0.29, 0.717) is 0 Å². The number of rotatable bonds is 2. The number of aromatic nitrogens is 2. The van der Waals surface area contributed by atoms with Gasteiger partial charge in [0.15, 0.2) is 0 Å². The van der Waals surface area contributed by atoms with Crippen LogP contribution in [0.2, 0.25) is 0 Å². The van der Waals surface area contributed by atoms with Crippen molar-refractivity contribution in [2.45, 2.75) is 51.9 Å². The van der Waals surface area contributed by atoms with Gasteiger partial charge in [-0.05, 0) is 32.1 Å². The summed E-state index contributed by atoms with van der Waals surface area (Å²) in [5.74, 6) is 1.65. The topological polar surface area (TPSA) is 51.8 Å². The van der Waals surface area contributed by atoms with E-state index in [1.165, 1.54) is 30.5 Å². The van der Waals surface area contributed by atoms with Crippen LogP contribution >= 0.6 is 0 Å². The largest absolute Gasteiger partial charge is 0.383 e. The first-order valence-electron chi connectivity index (χ1n) is 5.95. The maximum absolute atomic E-state index is 5.99. The highest BCUT2D eigenvalue weighted by molar-refractivity contribution is 5.43. The van der Waals surface area contributed by atoms with E-state index in [0.717, 1.165) is 37.3 Å². The normalized spacial score (nSPS) is 15.8. The van der Waals surface area contributed by atoms with Gasteiger partial charge in [-0.1, -0.05) is 13.3 Å². The van der Waals surface area contributed by atoms with E-state index in [1.54, 1.807) is 0 Å². The van der Waals surface area contributed by atoms with Gasteiger partial charge in [0.1, 0.15) is 11.6 Å². The van der Waals surface area contributed by atoms with Crippen molar-refractivity contribution >= 4 is 5.82 Å². The fourth-order valence-electron chi connectivity index (χ4n) is 2.19. The molecule has 0 atom stereocenters. The molecule has 0 fully saturated rings. The second kappa shape index (κ2) is 4.60. The molecule has 0 amide bonds. The van der Waals surface area contributed by atoms with Gasteiger partial charge in [0.05, 0.1) is 0 Å². The molecular formula is C12H19N3. The van der Waals surface area contributed by atoms with Crippen molar-refractivity contribution in [1.29, 1.82) is 0 Å². The van der Waals surface area contributed by atoms with Crippen molar-refractivity contribution in [2.24, 2.45) is 0 Å². The van der Waals surface area contributed by atoms with Crippen LogP contribution in [0.4, 0.5) is 5.82 Å². The van der Waals surface area contributed by atoms with Crippen molar-refractivity contribution in [3.63, 3.8) is 0 Å². The summed E-state index contributed by atoms with van der Waals surface area (Å²) in [6.07, 6.45) is 7.93. The fraction of sp³-hybridized carbons (Fsp3) is 0.667. The lowest BCUT2D eigenvalue weighted by Gasteiger charge is -2.09. The number of nitrogen functional groups attached to an aromatic ring is 1. The minimum atomic E-state index is 0.727. The smallest absolute Gasteiger partial charge is 0.131 e. The predicted octanol–water partition coefficient (Wildman–Crippen LogP) is 2.28. The summed E-state index contributed by atoms with van der Waals surface area (Å²) in [7, 11) is 0. The Labute approximate surface area is 91.1 Å². The van der Waals surface area contributed by atoms with Crippen molar-refractivity contribution in [1.82, 2.24) is 9.97 Å². The van der Waals surface area contributed by atoms with E-state index in [-0.39, 0.29) is 0 Å². The number of fused-ring (bicyclic) bond motifs is 1. The van der Waals surface area contributed by atoms with Gasteiger partial charge < -0.3 is 5.73 Å². The molecule has 1 aliphatic rings. The number of hydrogen-bond acceptors (Lipinski definition) is 3. The van der Waals surface area contributed by atoms with Gasteiger partial charge >= 0.3 is 0 Å². The van der Waals surface area contributed by atoms with Crippen LogP contribution in [0.1, 0.15) is 49.7 Å². The molecule has 2 rings (SSSR count). The minimum absolute atomic E-state index is 0.727. The highest BCUT2D eigenvalue weighted by Gasteiger charge is 2.14.